The molecule has 194 valence electrons. The third-order valence-corrected chi connectivity index (χ3v) is 8.74. The lowest BCUT2D eigenvalue weighted by atomic mass is 10.1. The van der Waals surface area contributed by atoms with Crippen LogP contribution in [-0.2, 0) is 0 Å². The molecule has 3 aromatic carbocycles. The molecule has 0 aliphatic carbocycles. The van der Waals surface area contributed by atoms with Gasteiger partial charge in [0.05, 0.1) is 22.2 Å². The predicted octanol–water partition coefficient (Wildman–Crippen LogP) is 6.59. The number of amides is 2. The van der Waals surface area contributed by atoms with Gasteiger partial charge in [-0.25, -0.2) is 4.98 Å². The van der Waals surface area contributed by atoms with E-state index in [4.69, 9.17) is 4.98 Å². The van der Waals surface area contributed by atoms with Crippen molar-refractivity contribution in [2.45, 2.75) is 24.9 Å². The van der Waals surface area contributed by atoms with Gasteiger partial charge in [0, 0.05) is 23.2 Å². The van der Waals surface area contributed by atoms with Gasteiger partial charge in [0.2, 0.25) is 0 Å². The van der Waals surface area contributed by atoms with Gasteiger partial charge in [-0.2, -0.15) is 0 Å². The van der Waals surface area contributed by atoms with Gasteiger partial charge in [0.15, 0.2) is 5.16 Å². The Morgan fingerprint density at radius 1 is 0.795 bits per heavy atom. The van der Waals surface area contributed by atoms with Crippen molar-refractivity contribution in [3.05, 3.63) is 111 Å². The fraction of sp³-hybridized carbons (Fsp3) is 0.161. The Morgan fingerprint density at radius 2 is 1.46 bits per heavy atom. The first-order valence-corrected chi connectivity index (χ1v) is 14.6. The Balaban J connectivity index is 1.23. The summed E-state index contributed by atoms with van der Waals surface area (Å²) in [4.78, 5) is 46.2. The van der Waals surface area contributed by atoms with E-state index in [1.54, 1.807) is 28.8 Å². The summed E-state index contributed by atoms with van der Waals surface area (Å²) in [5.41, 5.74) is 4.70. The van der Waals surface area contributed by atoms with Crippen LogP contribution in [0.3, 0.4) is 0 Å². The molecular weight excluding hydrogens is 526 g/mol. The topological polar surface area (TPSA) is 72.3 Å². The number of para-hydroxylation sites is 1. The molecule has 0 fully saturated rings. The van der Waals surface area contributed by atoms with Gasteiger partial charge in [-0.3, -0.25) is 23.9 Å². The van der Waals surface area contributed by atoms with E-state index < -0.39 is 0 Å². The number of hydrogen-bond donors (Lipinski definition) is 0. The second-order valence-electron chi connectivity index (χ2n) is 9.43. The van der Waals surface area contributed by atoms with Crippen molar-refractivity contribution < 1.29 is 9.59 Å². The second kappa shape index (κ2) is 10.6. The quantitative estimate of drug-likeness (QED) is 0.0942. The van der Waals surface area contributed by atoms with Crippen molar-refractivity contribution in [2.24, 2.45) is 0 Å². The molecule has 0 saturated carbocycles. The highest BCUT2D eigenvalue weighted by Crippen LogP contribution is 2.33. The summed E-state index contributed by atoms with van der Waals surface area (Å²) in [7, 11) is 0. The van der Waals surface area contributed by atoms with E-state index >= 15 is 0 Å². The molecule has 6 nitrogen and oxygen atoms in total. The number of carbonyl (C=O) groups is 2. The number of aromatic nitrogens is 2. The minimum atomic E-state index is -0.227. The monoisotopic (exact) mass is 551 g/mol. The van der Waals surface area contributed by atoms with E-state index in [9.17, 15) is 14.4 Å². The number of thiophene rings is 1. The highest BCUT2D eigenvalue weighted by atomic mass is 32.2. The lowest BCUT2D eigenvalue weighted by Gasteiger charge is -2.14. The zero-order valence-corrected chi connectivity index (χ0v) is 22.9. The average molecular weight is 552 g/mol. The summed E-state index contributed by atoms with van der Waals surface area (Å²) in [6, 6.07) is 24.7. The van der Waals surface area contributed by atoms with Crippen LogP contribution in [0.15, 0.2) is 94.2 Å². The minimum absolute atomic E-state index is 0.0865. The minimum Gasteiger partial charge on any atom is -0.274 e. The number of imide groups is 1. The summed E-state index contributed by atoms with van der Waals surface area (Å²) in [6.45, 7) is 2.42. The predicted molar refractivity (Wildman–Crippen MR) is 157 cm³/mol. The van der Waals surface area contributed by atoms with Crippen molar-refractivity contribution in [3.8, 4) is 16.8 Å². The molecule has 0 bridgehead atoms. The van der Waals surface area contributed by atoms with E-state index in [2.05, 4.69) is 0 Å². The molecule has 2 amide bonds. The van der Waals surface area contributed by atoms with Crippen LogP contribution in [-0.4, -0.2) is 38.6 Å². The maximum atomic E-state index is 13.9. The van der Waals surface area contributed by atoms with E-state index in [1.807, 2.05) is 66.9 Å². The number of carbonyl (C=O) groups excluding carboxylic acids is 2. The molecule has 2 aromatic heterocycles. The van der Waals surface area contributed by atoms with Gasteiger partial charge in [-0.1, -0.05) is 71.9 Å². The smallest absolute Gasteiger partial charge is 0.268 e. The van der Waals surface area contributed by atoms with Crippen molar-refractivity contribution in [1.29, 1.82) is 0 Å². The van der Waals surface area contributed by atoms with Crippen LogP contribution in [0.2, 0.25) is 0 Å². The first kappa shape index (κ1) is 25.3. The Hall–Kier alpha value is -4.01. The van der Waals surface area contributed by atoms with Gasteiger partial charge in [0.25, 0.3) is 17.4 Å². The standard InChI is InChI=1S/C31H25N3O3S2/c1-20-13-15-21(16-14-20)25-19-39-27-26(25)30(37)34(22-9-3-2-4-10-22)31(32-27)38-18-8-7-17-33-28(35)23-11-5-6-12-24(23)29(33)36/h2-6,9-16,19H,7-8,17-18H2,1H3. The molecule has 0 radical (unpaired) electrons. The van der Waals surface area contributed by atoms with Gasteiger partial charge >= 0.3 is 0 Å². The van der Waals surface area contributed by atoms with Crippen molar-refractivity contribution in [2.75, 3.05) is 12.3 Å². The van der Waals surface area contributed by atoms with Gasteiger partial charge in [0.1, 0.15) is 4.83 Å². The highest BCUT2D eigenvalue weighted by Gasteiger charge is 2.34. The Labute approximate surface area is 233 Å². The van der Waals surface area contributed by atoms with Gasteiger partial charge < -0.3 is 0 Å². The Bertz CT molecular complexity index is 1720. The number of benzene rings is 3. The number of nitrogens with zero attached hydrogens (tertiary/aromatic N) is 3. The normalized spacial score (nSPS) is 12.9. The number of fused-ring (bicyclic) bond motifs is 2. The summed E-state index contributed by atoms with van der Waals surface area (Å²) >= 11 is 3.00. The molecule has 5 aromatic rings. The van der Waals surface area contributed by atoms with Crippen molar-refractivity contribution in [3.63, 3.8) is 0 Å². The molecular formula is C31H25N3O3S2. The number of thioether (sulfide) groups is 1. The van der Waals surface area contributed by atoms with Crippen LogP contribution in [0.25, 0.3) is 27.0 Å². The first-order valence-electron chi connectivity index (χ1n) is 12.8. The molecule has 39 heavy (non-hydrogen) atoms. The molecule has 1 aliphatic heterocycles. The highest BCUT2D eigenvalue weighted by molar-refractivity contribution is 7.99. The number of aryl methyl sites for hydroxylation is 1. The summed E-state index contributed by atoms with van der Waals surface area (Å²) in [6.07, 6.45) is 1.44. The fourth-order valence-corrected chi connectivity index (χ4v) is 6.80. The van der Waals surface area contributed by atoms with Crippen LogP contribution < -0.4 is 5.56 Å². The Kier molecular flexibility index (Phi) is 6.89. The number of unbranched alkanes of at least 4 members (excludes halogenated alkanes) is 1. The molecule has 0 spiro atoms. The summed E-state index contributed by atoms with van der Waals surface area (Å²) in [5.74, 6) is 0.246. The molecule has 0 atom stereocenters. The fourth-order valence-electron chi connectivity index (χ4n) is 4.80. The Morgan fingerprint density at radius 3 is 2.15 bits per heavy atom. The average Bonchev–Trinajstić information content (AvgIpc) is 3.49. The van der Waals surface area contributed by atoms with E-state index in [0.717, 1.165) is 28.1 Å². The lowest BCUT2D eigenvalue weighted by molar-refractivity contribution is 0.0652. The van der Waals surface area contributed by atoms with E-state index in [1.165, 1.54) is 33.6 Å². The number of hydrogen-bond acceptors (Lipinski definition) is 6. The van der Waals surface area contributed by atoms with Crippen LogP contribution in [0.1, 0.15) is 39.1 Å². The van der Waals surface area contributed by atoms with Crippen molar-refractivity contribution in [1.82, 2.24) is 14.5 Å². The SMILES string of the molecule is Cc1ccc(-c2csc3nc(SCCCCN4C(=O)c5ccccc5C4=O)n(-c4ccccc4)c(=O)c23)cc1. The maximum Gasteiger partial charge on any atom is 0.268 e. The maximum absolute atomic E-state index is 13.9. The number of rotatable bonds is 8. The lowest BCUT2D eigenvalue weighted by Crippen LogP contribution is -2.30. The van der Waals surface area contributed by atoms with Crippen molar-refractivity contribution >= 4 is 45.1 Å². The molecule has 0 N–H and O–H groups in total. The molecule has 1 aliphatic rings. The largest absolute Gasteiger partial charge is 0.274 e. The molecule has 0 saturated heterocycles. The molecule has 0 unspecified atom stereocenters. The van der Waals surface area contributed by atoms with Crippen LogP contribution >= 0.6 is 23.1 Å². The van der Waals surface area contributed by atoms with E-state index in [-0.39, 0.29) is 17.4 Å². The molecule has 8 heteroatoms. The van der Waals surface area contributed by atoms with Gasteiger partial charge in [-0.15, -0.1) is 11.3 Å². The van der Waals surface area contributed by atoms with Crippen LogP contribution in [0, 0.1) is 6.92 Å². The zero-order valence-electron chi connectivity index (χ0n) is 21.3. The van der Waals surface area contributed by atoms with Gasteiger partial charge in [-0.05, 0) is 49.6 Å². The third-order valence-electron chi connectivity index (χ3n) is 6.84. The summed E-state index contributed by atoms with van der Waals surface area (Å²) < 4.78 is 1.70. The zero-order chi connectivity index (χ0) is 26.9. The molecule has 6 rings (SSSR count). The molecule has 3 heterocycles. The van der Waals surface area contributed by atoms with E-state index in [0.29, 0.717) is 40.4 Å². The van der Waals surface area contributed by atoms with Crippen LogP contribution in [0.5, 0.6) is 0 Å². The van der Waals surface area contributed by atoms with Crippen LogP contribution in [0.4, 0.5) is 0 Å². The third kappa shape index (κ3) is 4.70. The second-order valence-corrected chi connectivity index (χ2v) is 11.3. The summed E-state index contributed by atoms with van der Waals surface area (Å²) in [5, 5.41) is 3.27. The first-order chi connectivity index (χ1) is 19.0.